The second-order valence-electron chi connectivity index (χ2n) is 7.40. The van der Waals surface area contributed by atoms with E-state index < -0.39 is 11.9 Å². The first-order valence-corrected chi connectivity index (χ1v) is 10.4. The van der Waals surface area contributed by atoms with Gasteiger partial charge in [0.2, 0.25) is 0 Å². The summed E-state index contributed by atoms with van der Waals surface area (Å²) >= 11 is 0. The summed E-state index contributed by atoms with van der Waals surface area (Å²) in [6.07, 6.45) is 0. The van der Waals surface area contributed by atoms with E-state index in [1.54, 1.807) is 30.3 Å². The van der Waals surface area contributed by atoms with Crippen molar-refractivity contribution < 1.29 is 24.2 Å². The Morgan fingerprint density at radius 2 is 1.36 bits per heavy atom. The maximum Gasteiger partial charge on any atom is 0.341 e. The van der Waals surface area contributed by atoms with Crippen LogP contribution in [0.25, 0.3) is 22.3 Å². The van der Waals surface area contributed by atoms with Crippen molar-refractivity contribution in [3.63, 3.8) is 0 Å². The minimum absolute atomic E-state index is 0.232. The highest BCUT2D eigenvalue weighted by Crippen LogP contribution is 2.35. The van der Waals surface area contributed by atoms with Crippen LogP contribution in [0.4, 0.5) is 0 Å². The maximum absolute atomic E-state index is 12.3. The fourth-order valence-corrected chi connectivity index (χ4v) is 3.60. The van der Waals surface area contributed by atoms with Crippen molar-refractivity contribution in [3.8, 4) is 28.0 Å². The molecule has 0 aliphatic carbocycles. The van der Waals surface area contributed by atoms with Gasteiger partial charge in [-0.25, -0.2) is 9.59 Å². The molecule has 4 aromatic rings. The highest BCUT2D eigenvalue weighted by atomic mass is 16.5. The molecule has 0 heterocycles. The average molecular weight is 438 g/mol. The summed E-state index contributed by atoms with van der Waals surface area (Å²) < 4.78 is 11.0. The van der Waals surface area contributed by atoms with Crippen LogP contribution < -0.4 is 4.74 Å². The molecule has 1 N–H and O–H groups in total. The number of hydrogen-bond donors (Lipinski definition) is 1. The lowest BCUT2D eigenvalue weighted by Gasteiger charge is -2.15. The van der Waals surface area contributed by atoms with E-state index in [2.05, 4.69) is 0 Å². The molecule has 164 valence electrons. The zero-order chi connectivity index (χ0) is 23.2. The van der Waals surface area contributed by atoms with E-state index in [-0.39, 0.29) is 5.56 Å². The zero-order valence-electron chi connectivity index (χ0n) is 18.0. The lowest BCUT2D eigenvalue weighted by Crippen LogP contribution is -2.06. The number of ether oxygens (including phenoxy) is 2. The first kappa shape index (κ1) is 21.8. The van der Waals surface area contributed by atoms with Crippen LogP contribution in [-0.4, -0.2) is 24.2 Å². The number of carboxylic acids is 1. The monoisotopic (exact) mass is 438 g/mol. The van der Waals surface area contributed by atoms with Gasteiger partial charge in [-0.2, -0.15) is 0 Å². The Kier molecular flexibility index (Phi) is 6.51. The van der Waals surface area contributed by atoms with Gasteiger partial charge >= 0.3 is 11.9 Å². The number of carbonyl (C=O) groups excluding carboxylic acids is 1. The third-order valence-corrected chi connectivity index (χ3v) is 5.31. The molecule has 0 amide bonds. The molecule has 0 fully saturated rings. The number of carbonyl (C=O) groups is 2. The Bertz CT molecular complexity index is 1280. The van der Waals surface area contributed by atoms with Gasteiger partial charge in [0, 0.05) is 0 Å². The molecular formula is C28H22O5. The standard InChI is InChI=1S/C28H22O5/c1-32-28(31)25-16-15-22(17-26(25)33-18-19-7-3-2-4-8-19)24-10-6-5-9-23(24)20-11-13-21(14-12-20)27(29)30/h2-17H,18H2,1H3,(H,29,30). The van der Waals surface area contributed by atoms with Gasteiger partial charge in [0.1, 0.15) is 17.9 Å². The van der Waals surface area contributed by atoms with Crippen LogP contribution in [0.15, 0.2) is 97.1 Å². The Morgan fingerprint density at radius 1 is 0.758 bits per heavy atom. The van der Waals surface area contributed by atoms with Gasteiger partial charge in [0.15, 0.2) is 0 Å². The zero-order valence-corrected chi connectivity index (χ0v) is 18.0. The van der Waals surface area contributed by atoms with Crippen LogP contribution in [0.2, 0.25) is 0 Å². The van der Waals surface area contributed by atoms with Gasteiger partial charge in [-0.1, -0.05) is 72.8 Å². The van der Waals surface area contributed by atoms with E-state index in [9.17, 15) is 14.7 Å². The summed E-state index contributed by atoms with van der Waals surface area (Å²) in [6, 6.07) is 29.7. The molecule has 33 heavy (non-hydrogen) atoms. The molecule has 0 unspecified atom stereocenters. The van der Waals surface area contributed by atoms with Crippen molar-refractivity contribution in [3.05, 3.63) is 114 Å². The molecular weight excluding hydrogens is 416 g/mol. The number of carboxylic acid groups (broad SMARTS) is 1. The van der Waals surface area contributed by atoms with E-state index in [4.69, 9.17) is 9.47 Å². The topological polar surface area (TPSA) is 72.8 Å². The van der Waals surface area contributed by atoms with Crippen LogP contribution in [0, 0.1) is 0 Å². The van der Waals surface area contributed by atoms with E-state index in [1.165, 1.54) is 7.11 Å². The SMILES string of the molecule is COC(=O)c1ccc(-c2ccccc2-c2ccc(C(=O)O)cc2)cc1OCc1ccccc1. The van der Waals surface area contributed by atoms with Gasteiger partial charge in [0.05, 0.1) is 12.7 Å². The normalized spacial score (nSPS) is 10.5. The van der Waals surface area contributed by atoms with Crippen molar-refractivity contribution in [1.82, 2.24) is 0 Å². The van der Waals surface area contributed by atoms with E-state index in [1.807, 2.05) is 66.7 Å². The summed E-state index contributed by atoms with van der Waals surface area (Å²) in [5, 5.41) is 9.18. The van der Waals surface area contributed by atoms with Gasteiger partial charge < -0.3 is 14.6 Å². The van der Waals surface area contributed by atoms with Crippen LogP contribution in [0.5, 0.6) is 5.75 Å². The fourth-order valence-electron chi connectivity index (χ4n) is 3.60. The number of aromatic carboxylic acids is 1. The molecule has 0 atom stereocenters. The summed E-state index contributed by atoms with van der Waals surface area (Å²) in [5.41, 5.74) is 5.19. The molecule has 0 aromatic heterocycles. The van der Waals surface area contributed by atoms with Gasteiger partial charge in [-0.3, -0.25) is 0 Å². The summed E-state index contributed by atoms with van der Waals surface area (Å²) in [6.45, 7) is 0.312. The Labute approximate surface area is 191 Å². The molecule has 0 saturated carbocycles. The van der Waals surface area contributed by atoms with Crippen molar-refractivity contribution in [1.29, 1.82) is 0 Å². The van der Waals surface area contributed by atoms with Gasteiger partial charge in [0.25, 0.3) is 0 Å². The van der Waals surface area contributed by atoms with E-state index >= 15 is 0 Å². The molecule has 4 rings (SSSR count). The van der Waals surface area contributed by atoms with Crippen molar-refractivity contribution in [2.24, 2.45) is 0 Å². The average Bonchev–Trinajstić information content (AvgIpc) is 2.87. The van der Waals surface area contributed by atoms with Gasteiger partial charge in [-0.15, -0.1) is 0 Å². The first-order valence-electron chi connectivity index (χ1n) is 10.4. The predicted molar refractivity (Wildman–Crippen MR) is 126 cm³/mol. The quantitative estimate of drug-likeness (QED) is 0.354. The third-order valence-electron chi connectivity index (χ3n) is 5.31. The lowest BCUT2D eigenvalue weighted by atomic mass is 9.93. The smallest absolute Gasteiger partial charge is 0.341 e. The lowest BCUT2D eigenvalue weighted by molar-refractivity contribution is 0.0594. The second-order valence-corrected chi connectivity index (χ2v) is 7.40. The fraction of sp³-hybridized carbons (Fsp3) is 0.0714. The molecule has 0 aliphatic rings. The van der Waals surface area contributed by atoms with E-state index in [0.717, 1.165) is 27.8 Å². The third kappa shape index (κ3) is 4.93. The number of esters is 1. The Morgan fingerprint density at radius 3 is 2.00 bits per heavy atom. The number of benzene rings is 4. The Hall–Kier alpha value is -4.38. The second kappa shape index (κ2) is 9.83. The van der Waals surface area contributed by atoms with E-state index in [0.29, 0.717) is 17.9 Å². The maximum atomic E-state index is 12.3. The highest BCUT2D eigenvalue weighted by molar-refractivity contribution is 5.94. The van der Waals surface area contributed by atoms with Crippen LogP contribution in [-0.2, 0) is 11.3 Å². The van der Waals surface area contributed by atoms with Crippen molar-refractivity contribution in [2.75, 3.05) is 7.11 Å². The summed E-state index contributed by atoms with van der Waals surface area (Å²) in [4.78, 5) is 23.5. The minimum Gasteiger partial charge on any atom is -0.488 e. The minimum atomic E-state index is -0.964. The number of methoxy groups -OCH3 is 1. The van der Waals surface area contributed by atoms with Crippen molar-refractivity contribution in [2.45, 2.75) is 6.61 Å². The highest BCUT2D eigenvalue weighted by Gasteiger charge is 2.16. The largest absolute Gasteiger partial charge is 0.488 e. The Balaban J connectivity index is 1.73. The van der Waals surface area contributed by atoms with Crippen LogP contribution in [0.3, 0.4) is 0 Å². The number of rotatable bonds is 7. The van der Waals surface area contributed by atoms with Crippen LogP contribution in [0.1, 0.15) is 26.3 Å². The molecule has 0 saturated heterocycles. The number of hydrogen-bond acceptors (Lipinski definition) is 4. The predicted octanol–water partition coefficient (Wildman–Crippen LogP) is 6.08. The molecule has 4 aromatic carbocycles. The summed E-state index contributed by atoms with van der Waals surface area (Å²) in [5.74, 6) is -1.00. The molecule has 0 radical (unpaired) electrons. The molecule has 5 nitrogen and oxygen atoms in total. The molecule has 0 spiro atoms. The van der Waals surface area contributed by atoms with Crippen molar-refractivity contribution >= 4 is 11.9 Å². The molecule has 5 heteroatoms. The van der Waals surface area contributed by atoms with Gasteiger partial charge in [-0.05, 0) is 52.1 Å². The van der Waals surface area contributed by atoms with Crippen LogP contribution >= 0.6 is 0 Å². The first-order chi connectivity index (χ1) is 16.1. The summed E-state index contributed by atoms with van der Waals surface area (Å²) in [7, 11) is 1.34. The molecule has 0 bridgehead atoms. The molecule has 0 aliphatic heterocycles.